The summed E-state index contributed by atoms with van der Waals surface area (Å²) in [5.74, 6) is -1.26. The third-order valence-corrected chi connectivity index (χ3v) is 1.76. The fourth-order valence-corrected chi connectivity index (χ4v) is 1.16. The van der Waals surface area contributed by atoms with E-state index in [9.17, 15) is 9.90 Å². The summed E-state index contributed by atoms with van der Waals surface area (Å²) < 4.78 is 0. The molecule has 0 aromatic heterocycles. The van der Waals surface area contributed by atoms with Gasteiger partial charge in [-0.25, -0.2) is 0 Å². The van der Waals surface area contributed by atoms with Crippen LogP contribution in [0.2, 0.25) is 0 Å². The first-order chi connectivity index (χ1) is 6.00. The number of phenolic OH excluding ortho intramolecular Hbond substituents is 2. The van der Waals surface area contributed by atoms with Crippen molar-refractivity contribution in [2.45, 2.75) is 13.3 Å². The van der Waals surface area contributed by atoms with Gasteiger partial charge in [-0.15, -0.1) is 0 Å². The topological polar surface area (TPSA) is 77.8 Å². The number of aromatic hydroxyl groups is 2. The second-order valence-corrected chi connectivity index (χ2v) is 2.83. The van der Waals surface area contributed by atoms with Crippen molar-refractivity contribution in [2.75, 3.05) is 0 Å². The van der Waals surface area contributed by atoms with E-state index >= 15 is 0 Å². The van der Waals surface area contributed by atoms with Crippen LogP contribution in [-0.4, -0.2) is 21.3 Å². The van der Waals surface area contributed by atoms with Gasteiger partial charge in [0.1, 0.15) is 11.5 Å². The maximum Gasteiger partial charge on any atom is 0.307 e. The van der Waals surface area contributed by atoms with Crippen LogP contribution in [0.25, 0.3) is 0 Å². The normalized spacial score (nSPS) is 9.92. The summed E-state index contributed by atoms with van der Waals surface area (Å²) in [5, 5.41) is 26.9. The fraction of sp³-hybridized carbons (Fsp3) is 0.222. The Balaban J connectivity index is 3.13. The Morgan fingerprint density at radius 1 is 1.38 bits per heavy atom. The number of aliphatic carboxylic acids is 1. The van der Waals surface area contributed by atoms with E-state index in [1.54, 1.807) is 6.92 Å². The van der Waals surface area contributed by atoms with Gasteiger partial charge >= 0.3 is 5.97 Å². The number of phenols is 2. The third-order valence-electron chi connectivity index (χ3n) is 1.76. The monoisotopic (exact) mass is 182 g/mol. The molecule has 1 rings (SSSR count). The first-order valence-corrected chi connectivity index (χ1v) is 3.74. The average molecular weight is 182 g/mol. The lowest BCUT2D eigenvalue weighted by Gasteiger charge is -2.06. The first kappa shape index (κ1) is 9.38. The Bertz CT molecular complexity index is 320. The molecule has 0 radical (unpaired) electrons. The van der Waals surface area contributed by atoms with Crippen LogP contribution in [0.4, 0.5) is 0 Å². The van der Waals surface area contributed by atoms with E-state index in [0.29, 0.717) is 11.1 Å². The summed E-state index contributed by atoms with van der Waals surface area (Å²) in [4.78, 5) is 10.4. The van der Waals surface area contributed by atoms with Crippen molar-refractivity contribution >= 4 is 5.97 Å². The molecular formula is C9H10O4. The predicted molar refractivity (Wildman–Crippen MR) is 45.8 cm³/mol. The van der Waals surface area contributed by atoms with Crippen molar-refractivity contribution in [3.05, 3.63) is 23.3 Å². The largest absolute Gasteiger partial charge is 0.508 e. The second kappa shape index (κ2) is 3.35. The third kappa shape index (κ3) is 2.11. The van der Waals surface area contributed by atoms with Gasteiger partial charge in [-0.2, -0.15) is 0 Å². The fourth-order valence-electron chi connectivity index (χ4n) is 1.16. The first-order valence-electron chi connectivity index (χ1n) is 3.74. The van der Waals surface area contributed by atoms with Crippen molar-refractivity contribution in [1.82, 2.24) is 0 Å². The highest BCUT2D eigenvalue weighted by Crippen LogP contribution is 2.26. The summed E-state index contributed by atoms with van der Waals surface area (Å²) in [6.45, 7) is 1.64. The molecule has 0 spiro atoms. The van der Waals surface area contributed by atoms with E-state index in [0.717, 1.165) is 6.07 Å². The zero-order valence-corrected chi connectivity index (χ0v) is 7.11. The van der Waals surface area contributed by atoms with Gasteiger partial charge in [-0.1, -0.05) is 0 Å². The molecule has 4 nitrogen and oxygen atoms in total. The van der Waals surface area contributed by atoms with E-state index in [-0.39, 0.29) is 17.9 Å². The van der Waals surface area contributed by atoms with Gasteiger partial charge in [0, 0.05) is 11.6 Å². The number of benzene rings is 1. The lowest BCUT2D eigenvalue weighted by atomic mass is 10.0. The average Bonchev–Trinajstić information content (AvgIpc) is 1.96. The summed E-state index contributed by atoms with van der Waals surface area (Å²) >= 11 is 0. The number of carboxylic acid groups (broad SMARTS) is 1. The van der Waals surface area contributed by atoms with E-state index < -0.39 is 5.97 Å². The van der Waals surface area contributed by atoms with Crippen LogP contribution in [0.1, 0.15) is 11.1 Å². The Kier molecular flexibility index (Phi) is 2.41. The second-order valence-electron chi connectivity index (χ2n) is 2.83. The Hall–Kier alpha value is -1.71. The van der Waals surface area contributed by atoms with Crippen LogP contribution >= 0.6 is 0 Å². The molecule has 0 saturated heterocycles. The van der Waals surface area contributed by atoms with Crippen molar-refractivity contribution in [3.8, 4) is 11.5 Å². The van der Waals surface area contributed by atoms with E-state index in [1.807, 2.05) is 0 Å². The van der Waals surface area contributed by atoms with Crippen LogP contribution in [-0.2, 0) is 11.2 Å². The Morgan fingerprint density at radius 3 is 2.46 bits per heavy atom. The molecule has 0 fully saturated rings. The minimum atomic E-state index is -1.01. The highest BCUT2D eigenvalue weighted by atomic mass is 16.4. The number of hydrogen-bond acceptors (Lipinski definition) is 3. The molecule has 1 aromatic carbocycles. The number of carboxylic acids is 1. The van der Waals surface area contributed by atoms with Gasteiger partial charge in [0.15, 0.2) is 0 Å². The number of hydrogen-bond donors (Lipinski definition) is 3. The standard InChI is InChI=1S/C9H10O4/c1-5-2-6(10)3-8(11)7(5)4-9(12)13/h2-3,10-11H,4H2,1H3,(H,12,13). The van der Waals surface area contributed by atoms with E-state index in [2.05, 4.69) is 0 Å². The van der Waals surface area contributed by atoms with E-state index in [4.69, 9.17) is 10.2 Å². The van der Waals surface area contributed by atoms with Crippen LogP contribution in [0.5, 0.6) is 11.5 Å². The van der Waals surface area contributed by atoms with Gasteiger partial charge < -0.3 is 15.3 Å². The molecule has 0 aliphatic rings. The maximum atomic E-state index is 10.4. The minimum absolute atomic E-state index is 0.0656. The van der Waals surface area contributed by atoms with Crippen LogP contribution in [0.3, 0.4) is 0 Å². The molecule has 3 N–H and O–H groups in total. The number of aryl methyl sites for hydroxylation is 1. The molecule has 0 amide bonds. The van der Waals surface area contributed by atoms with E-state index in [1.165, 1.54) is 6.07 Å². The lowest BCUT2D eigenvalue weighted by molar-refractivity contribution is -0.136. The molecular weight excluding hydrogens is 172 g/mol. The Morgan fingerprint density at radius 2 is 2.00 bits per heavy atom. The SMILES string of the molecule is Cc1cc(O)cc(O)c1CC(=O)O. The molecule has 0 aliphatic heterocycles. The zero-order valence-electron chi connectivity index (χ0n) is 7.11. The Labute approximate surface area is 75.1 Å². The quantitative estimate of drug-likeness (QED) is 0.638. The zero-order chi connectivity index (χ0) is 10.0. The molecule has 13 heavy (non-hydrogen) atoms. The highest BCUT2D eigenvalue weighted by molar-refractivity contribution is 5.72. The van der Waals surface area contributed by atoms with Crippen LogP contribution in [0, 0.1) is 6.92 Å². The molecule has 0 aliphatic carbocycles. The molecule has 70 valence electrons. The highest BCUT2D eigenvalue weighted by Gasteiger charge is 2.10. The predicted octanol–water partition coefficient (Wildman–Crippen LogP) is 1.03. The minimum Gasteiger partial charge on any atom is -0.508 e. The maximum absolute atomic E-state index is 10.4. The van der Waals surface area contributed by atoms with Crippen molar-refractivity contribution in [3.63, 3.8) is 0 Å². The smallest absolute Gasteiger partial charge is 0.307 e. The lowest BCUT2D eigenvalue weighted by Crippen LogP contribution is -2.02. The van der Waals surface area contributed by atoms with Gasteiger partial charge in [0.25, 0.3) is 0 Å². The van der Waals surface area contributed by atoms with Crippen molar-refractivity contribution in [1.29, 1.82) is 0 Å². The van der Waals surface area contributed by atoms with Gasteiger partial charge in [-0.05, 0) is 18.6 Å². The van der Waals surface area contributed by atoms with Crippen LogP contribution in [0.15, 0.2) is 12.1 Å². The number of rotatable bonds is 2. The van der Waals surface area contributed by atoms with Gasteiger partial charge in [0.2, 0.25) is 0 Å². The molecule has 0 atom stereocenters. The molecule has 0 unspecified atom stereocenters. The molecule has 0 saturated carbocycles. The molecule has 1 aromatic rings. The summed E-state index contributed by atoms with van der Waals surface area (Å²) in [5.41, 5.74) is 0.908. The summed E-state index contributed by atoms with van der Waals surface area (Å²) in [7, 11) is 0. The van der Waals surface area contributed by atoms with Gasteiger partial charge in [0.05, 0.1) is 6.42 Å². The van der Waals surface area contributed by atoms with Gasteiger partial charge in [-0.3, -0.25) is 4.79 Å². The van der Waals surface area contributed by atoms with Crippen LogP contribution < -0.4 is 0 Å². The molecule has 0 bridgehead atoms. The molecule has 0 heterocycles. The summed E-state index contributed by atoms with van der Waals surface area (Å²) in [6, 6.07) is 2.54. The van der Waals surface area contributed by atoms with Crippen molar-refractivity contribution in [2.24, 2.45) is 0 Å². The number of carbonyl (C=O) groups is 1. The molecule has 4 heteroatoms. The summed E-state index contributed by atoms with van der Waals surface area (Å²) in [6.07, 6.45) is -0.238. The van der Waals surface area contributed by atoms with Crippen molar-refractivity contribution < 1.29 is 20.1 Å².